The summed E-state index contributed by atoms with van der Waals surface area (Å²) < 4.78 is 6.71. The number of benzene rings is 1. The number of ether oxygens (including phenoxy) is 1. The Labute approximate surface area is 287 Å². The number of aliphatic carboxylic acids is 1. The number of carbonyl (C=O) groups excluding carboxylic acids is 2. The Morgan fingerprint density at radius 3 is 2.21 bits per heavy atom. The molecule has 1 heterocycles. The first-order chi connectivity index (χ1) is 22.1. The van der Waals surface area contributed by atoms with Gasteiger partial charge >= 0.3 is 5.97 Å². The van der Waals surface area contributed by atoms with Crippen LogP contribution in [0.2, 0.25) is 0 Å². The van der Waals surface area contributed by atoms with Gasteiger partial charge in [0, 0.05) is 40.4 Å². The quantitative estimate of drug-likeness (QED) is 0.132. The second-order valence-electron chi connectivity index (χ2n) is 16.3. The van der Waals surface area contributed by atoms with Gasteiger partial charge in [0.05, 0.1) is 11.2 Å². The summed E-state index contributed by atoms with van der Waals surface area (Å²) in [6.45, 7) is 23.9. The summed E-state index contributed by atoms with van der Waals surface area (Å²) >= 11 is 0. The lowest BCUT2D eigenvalue weighted by atomic mass is 9.46. The summed E-state index contributed by atoms with van der Waals surface area (Å²) in [6.07, 6.45) is 15.0. The third kappa shape index (κ3) is 6.33. The number of phenolic OH excluding ortho intramolecular Hbond substituents is 1. The number of carboxylic acids is 1. The second kappa shape index (κ2) is 13.1. The van der Waals surface area contributed by atoms with Crippen molar-refractivity contribution in [2.75, 3.05) is 0 Å². The van der Waals surface area contributed by atoms with Crippen LogP contribution in [0.4, 0.5) is 0 Å². The Morgan fingerprint density at radius 2 is 1.62 bits per heavy atom. The summed E-state index contributed by atoms with van der Waals surface area (Å²) in [6, 6.07) is 0. The average Bonchev–Trinajstić information content (AvgIpc) is 3.10. The predicted octanol–water partition coefficient (Wildman–Crippen LogP) is 9.61. The lowest BCUT2D eigenvalue weighted by Crippen LogP contribution is -2.62. The Balaban J connectivity index is 1.91. The molecule has 4 aliphatic rings. The van der Waals surface area contributed by atoms with Crippen molar-refractivity contribution in [3.63, 3.8) is 0 Å². The molecule has 6 heteroatoms. The summed E-state index contributed by atoms with van der Waals surface area (Å²) in [5.74, 6) is -2.20. The van der Waals surface area contributed by atoms with Crippen molar-refractivity contribution < 1.29 is 29.3 Å². The van der Waals surface area contributed by atoms with Gasteiger partial charge < -0.3 is 14.9 Å². The van der Waals surface area contributed by atoms with Gasteiger partial charge in [-0.05, 0) is 110 Å². The van der Waals surface area contributed by atoms with E-state index in [1.165, 1.54) is 12.5 Å². The molecule has 0 aromatic heterocycles. The zero-order chi connectivity index (χ0) is 36.1. The Bertz CT molecular complexity index is 1680. The minimum Gasteiger partial charge on any atom is -0.507 e. The largest absolute Gasteiger partial charge is 0.507 e. The molecule has 4 atom stereocenters. The standard InChI is InChI=1S/C42H56O6/c1-24(2)14-13-19-39(8,9)20-18-31-27(6)30(16-15-25(3)4)28(7)34(35(31)43)36(44)32-22-29-23-33-40(10,11)48-42(37(29)45,41(32,33)12)21-17-26(5)38(46)47/h14-15,17-18,20,22,29,33,43H,13,16,19,21,23H2,1-12H3,(H,46,47)/b20-18-,26-17+. The van der Waals surface area contributed by atoms with Gasteiger partial charge in [-0.3, -0.25) is 9.59 Å². The average molecular weight is 657 g/mol. The van der Waals surface area contributed by atoms with Crippen LogP contribution in [0.1, 0.15) is 128 Å². The molecular weight excluding hydrogens is 600 g/mol. The van der Waals surface area contributed by atoms with Gasteiger partial charge in [0.15, 0.2) is 11.6 Å². The molecule has 6 nitrogen and oxygen atoms in total. The van der Waals surface area contributed by atoms with Crippen molar-refractivity contribution in [2.45, 2.75) is 126 Å². The molecule has 0 radical (unpaired) electrons. The van der Waals surface area contributed by atoms with E-state index in [0.717, 1.165) is 35.1 Å². The lowest BCUT2D eigenvalue weighted by molar-refractivity contribution is -0.162. The van der Waals surface area contributed by atoms with Gasteiger partial charge in [0.2, 0.25) is 0 Å². The van der Waals surface area contributed by atoms with Gasteiger partial charge in [0.25, 0.3) is 0 Å². The number of rotatable bonds is 12. The van der Waals surface area contributed by atoms with Crippen molar-refractivity contribution in [1.82, 2.24) is 0 Å². The van der Waals surface area contributed by atoms with E-state index in [1.807, 2.05) is 60.6 Å². The molecule has 5 rings (SSSR count). The molecular formula is C42H56O6. The van der Waals surface area contributed by atoms with Crippen molar-refractivity contribution in [2.24, 2.45) is 22.7 Å². The van der Waals surface area contributed by atoms with E-state index < -0.39 is 28.5 Å². The van der Waals surface area contributed by atoms with E-state index in [2.05, 4.69) is 45.9 Å². The molecule has 0 spiro atoms. The molecule has 4 bridgehead atoms. The van der Waals surface area contributed by atoms with Crippen LogP contribution in [0.15, 0.2) is 52.7 Å². The highest BCUT2D eigenvalue weighted by molar-refractivity contribution is 6.16. The number of aromatic hydroxyl groups is 1. The number of carboxylic acid groups (broad SMARTS) is 1. The SMILES string of the molecule is CC(C)=CCCC(C)(C)/C=C\c1c(C)c(CC=C(C)C)c(C)c(C(=O)C2=CC3CC4C(C)(C)OC(C/C=C(\C)C(=O)O)(C3=O)C24C)c1O. The number of carbonyl (C=O) groups is 3. The maximum Gasteiger partial charge on any atom is 0.330 e. The monoisotopic (exact) mass is 656 g/mol. The summed E-state index contributed by atoms with van der Waals surface area (Å²) in [7, 11) is 0. The molecule has 1 aliphatic heterocycles. The first-order valence-corrected chi connectivity index (χ1v) is 17.3. The van der Waals surface area contributed by atoms with Crippen LogP contribution < -0.4 is 0 Å². The molecule has 1 saturated heterocycles. The Hall–Kier alpha value is -3.51. The number of ketones is 2. The van der Waals surface area contributed by atoms with Gasteiger partial charge in [-0.15, -0.1) is 0 Å². The fourth-order valence-electron chi connectivity index (χ4n) is 8.50. The molecule has 1 saturated carbocycles. The van der Waals surface area contributed by atoms with Gasteiger partial charge in [0.1, 0.15) is 11.4 Å². The number of hydrogen-bond donors (Lipinski definition) is 2. The summed E-state index contributed by atoms with van der Waals surface area (Å²) in [5.41, 5.74) is 3.31. The highest BCUT2D eigenvalue weighted by atomic mass is 16.5. The fraction of sp³-hybridized carbons (Fsp3) is 0.548. The highest BCUT2D eigenvalue weighted by Gasteiger charge is 2.76. The van der Waals surface area contributed by atoms with Gasteiger partial charge in [-0.2, -0.15) is 0 Å². The van der Waals surface area contributed by atoms with E-state index in [9.17, 15) is 19.8 Å². The molecule has 260 valence electrons. The molecule has 48 heavy (non-hydrogen) atoms. The number of allylic oxidation sites excluding steroid dienone is 6. The maximum atomic E-state index is 15.1. The third-order valence-corrected chi connectivity index (χ3v) is 11.4. The van der Waals surface area contributed by atoms with E-state index in [1.54, 1.807) is 6.08 Å². The number of hydrogen-bond acceptors (Lipinski definition) is 5. The normalized spacial score (nSPS) is 26.1. The van der Waals surface area contributed by atoms with Crippen molar-refractivity contribution in [1.29, 1.82) is 0 Å². The Morgan fingerprint density at radius 1 is 1.00 bits per heavy atom. The van der Waals surface area contributed by atoms with E-state index >= 15 is 4.79 Å². The summed E-state index contributed by atoms with van der Waals surface area (Å²) in [5, 5.41) is 21.7. The topological polar surface area (TPSA) is 101 Å². The van der Waals surface area contributed by atoms with Crippen molar-refractivity contribution >= 4 is 23.6 Å². The third-order valence-electron chi connectivity index (χ3n) is 11.4. The molecule has 2 fully saturated rings. The van der Waals surface area contributed by atoms with Crippen molar-refractivity contribution in [3.05, 3.63) is 80.5 Å². The molecule has 1 aromatic carbocycles. The zero-order valence-corrected chi connectivity index (χ0v) is 31.2. The number of Topliss-reactive ketones (excluding diaryl/α,β-unsaturated/α-hetero) is 2. The maximum absolute atomic E-state index is 15.1. The summed E-state index contributed by atoms with van der Waals surface area (Å²) in [4.78, 5) is 41.0. The van der Waals surface area contributed by atoms with Gasteiger partial charge in [-0.1, -0.05) is 68.4 Å². The van der Waals surface area contributed by atoms with Crippen LogP contribution in [-0.4, -0.2) is 39.0 Å². The highest BCUT2D eigenvalue weighted by Crippen LogP contribution is 2.69. The molecule has 4 unspecified atom stereocenters. The van der Waals surface area contributed by atoms with E-state index in [0.29, 0.717) is 24.0 Å². The first kappa shape index (κ1) is 37.3. The second-order valence-corrected chi connectivity index (χ2v) is 16.3. The van der Waals surface area contributed by atoms with Crippen LogP contribution in [0.3, 0.4) is 0 Å². The number of phenols is 1. The van der Waals surface area contributed by atoms with Gasteiger partial charge in [-0.25, -0.2) is 4.79 Å². The lowest BCUT2D eigenvalue weighted by Gasteiger charge is -2.53. The Kier molecular flexibility index (Phi) is 10.2. The van der Waals surface area contributed by atoms with Crippen LogP contribution in [0.5, 0.6) is 5.75 Å². The smallest absolute Gasteiger partial charge is 0.330 e. The molecule has 0 amide bonds. The van der Waals surface area contributed by atoms with Crippen LogP contribution >= 0.6 is 0 Å². The van der Waals surface area contributed by atoms with Crippen LogP contribution in [0.25, 0.3) is 6.08 Å². The molecule has 1 aromatic rings. The predicted molar refractivity (Wildman–Crippen MR) is 193 cm³/mol. The van der Waals surface area contributed by atoms with Crippen LogP contribution in [0, 0.1) is 36.5 Å². The van der Waals surface area contributed by atoms with Crippen LogP contribution in [-0.2, 0) is 20.7 Å². The minimum absolute atomic E-state index is 0.0484. The minimum atomic E-state index is -1.39. The molecule has 3 aliphatic carbocycles. The molecule has 2 N–H and O–H groups in total. The van der Waals surface area contributed by atoms with Crippen molar-refractivity contribution in [3.8, 4) is 5.75 Å². The zero-order valence-electron chi connectivity index (χ0n) is 31.2. The fourth-order valence-corrected chi connectivity index (χ4v) is 8.50. The van der Waals surface area contributed by atoms with E-state index in [4.69, 9.17) is 4.74 Å². The van der Waals surface area contributed by atoms with E-state index in [-0.39, 0.29) is 46.2 Å². The first-order valence-electron chi connectivity index (χ1n) is 17.3.